The summed E-state index contributed by atoms with van der Waals surface area (Å²) in [5, 5.41) is 2.57. The number of nitrogens with one attached hydrogen (secondary N) is 1. The molecule has 0 aliphatic carbocycles. The van der Waals surface area contributed by atoms with E-state index in [1.165, 1.54) is 24.3 Å². The topological polar surface area (TPSA) is 47.6 Å². The number of rotatable bonds is 8. The van der Waals surface area contributed by atoms with Crippen molar-refractivity contribution in [3.8, 4) is 5.75 Å². The fourth-order valence-electron chi connectivity index (χ4n) is 2.17. The highest BCUT2D eigenvalue weighted by Crippen LogP contribution is 2.20. The quantitative estimate of drug-likeness (QED) is 0.685. The molecule has 2 rings (SSSR count). The van der Waals surface area contributed by atoms with E-state index < -0.39 is 25.3 Å². The van der Waals surface area contributed by atoms with Crippen molar-refractivity contribution in [2.24, 2.45) is 0 Å². The minimum Gasteiger partial charge on any atom is -0.434 e. The van der Waals surface area contributed by atoms with Crippen molar-refractivity contribution >= 4 is 5.91 Å². The van der Waals surface area contributed by atoms with Gasteiger partial charge in [-0.05, 0) is 23.3 Å². The van der Waals surface area contributed by atoms with Gasteiger partial charge in [-0.1, -0.05) is 36.4 Å². The summed E-state index contributed by atoms with van der Waals surface area (Å²) in [7, 11) is 0. The molecule has 2 aromatic carbocycles. The second-order valence-corrected chi connectivity index (χ2v) is 5.48. The molecule has 1 amide bonds. The molecule has 0 radical (unpaired) electrons. The first-order valence-corrected chi connectivity index (χ1v) is 7.79. The monoisotopic (exact) mass is 389 g/mol. The third-order valence-electron chi connectivity index (χ3n) is 3.36. The lowest BCUT2D eigenvalue weighted by atomic mass is 10.1. The summed E-state index contributed by atoms with van der Waals surface area (Å²) in [6, 6.07) is 12.0. The molecular weight excluding hydrogens is 373 g/mol. The van der Waals surface area contributed by atoms with Crippen LogP contribution in [-0.4, -0.2) is 25.3 Å². The van der Waals surface area contributed by atoms with Gasteiger partial charge in [-0.25, -0.2) is 0 Å². The van der Waals surface area contributed by atoms with Crippen molar-refractivity contribution in [2.45, 2.75) is 25.9 Å². The smallest absolute Gasteiger partial charge is 0.411 e. The fourth-order valence-corrected chi connectivity index (χ4v) is 2.17. The van der Waals surface area contributed by atoms with Crippen LogP contribution in [0.2, 0.25) is 0 Å². The van der Waals surface area contributed by atoms with Crippen molar-refractivity contribution in [3.05, 3.63) is 65.2 Å². The van der Waals surface area contributed by atoms with Gasteiger partial charge < -0.3 is 14.8 Å². The lowest BCUT2D eigenvalue weighted by molar-refractivity contribution is -0.176. The van der Waals surface area contributed by atoms with E-state index in [0.29, 0.717) is 11.1 Å². The first-order chi connectivity index (χ1) is 12.7. The van der Waals surface area contributed by atoms with Crippen LogP contribution in [0.1, 0.15) is 21.5 Å². The van der Waals surface area contributed by atoms with Gasteiger partial charge >= 0.3 is 12.8 Å². The standard InChI is InChI=1S/C18H16F5NO3/c19-17(20)27-15-4-2-1-3-14(15)16(25)24-9-12-5-7-13(8-6-12)10-26-11-18(21,22)23/h1-8,17H,9-11H2,(H,24,25). The van der Waals surface area contributed by atoms with E-state index in [-0.39, 0.29) is 24.5 Å². The number of halogens is 5. The highest BCUT2D eigenvalue weighted by molar-refractivity contribution is 5.96. The van der Waals surface area contributed by atoms with Gasteiger partial charge in [-0.2, -0.15) is 22.0 Å². The number of amides is 1. The zero-order chi connectivity index (χ0) is 19.9. The van der Waals surface area contributed by atoms with E-state index in [9.17, 15) is 26.7 Å². The van der Waals surface area contributed by atoms with E-state index >= 15 is 0 Å². The fraction of sp³-hybridized carbons (Fsp3) is 0.278. The van der Waals surface area contributed by atoms with Crippen LogP contribution in [0.25, 0.3) is 0 Å². The predicted molar refractivity (Wildman–Crippen MR) is 86.4 cm³/mol. The average molecular weight is 389 g/mol. The Kier molecular flexibility index (Phi) is 7.12. The van der Waals surface area contributed by atoms with E-state index in [1.54, 1.807) is 24.3 Å². The first-order valence-electron chi connectivity index (χ1n) is 7.79. The van der Waals surface area contributed by atoms with Crippen molar-refractivity contribution < 1.29 is 36.2 Å². The summed E-state index contributed by atoms with van der Waals surface area (Å²) in [4.78, 5) is 12.2. The van der Waals surface area contributed by atoms with Gasteiger partial charge in [0.1, 0.15) is 12.4 Å². The van der Waals surface area contributed by atoms with Crippen LogP contribution in [0.5, 0.6) is 5.75 Å². The summed E-state index contributed by atoms with van der Waals surface area (Å²) in [5.41, 5.74) is 1.19. The normalized spacial score (nSPS) is 11.5. The summed E-state index contributed by atoms with van der Waals surface area (Å²) < 4.78 is 69.7. The Hall–Kier alpha value is -2.68. The Bertz CT molecular complexity index is 747. The van der Waals surface area contributed by atoms with Crippen LogP contribution >= 0.6 is 0 Å². The van der Waals surface area contributed by atoms with Crippen molar-refractivity contribution in [1.29, 1.82) is 0 Å². The molecule has 146 valence electrons. The molecule has 0 saturated carbocycles. The molecule has 0 aliphatic rings. The Labute approximate surface area is 151 Å². The molecule has 0 aromatic heterocycles. The molecule has 2 aromatic rings. The Balaban J connectivity index is 1.89. The van der Waals surface area contributed by atoms with Crippen LogP contribution in [-0.2, 0) is 17.9 Å². The SMILES string of the molecule is O=C(NCc1ccc(COCC(F)(F)F)cc1)c1ccccc1OC(F)F. The van der Waals surface area contributed by atoms with E-state index in [4.69, 9.17) is 0 Å². The number of benzene rings is 2. The predicted octanol–water partition coefficient (Wildman–Crippen LogP) is 4.30. The first kappa shape index (κ1) is 20.6. The average Bonchev–Trinajstić information content (AvgIpc) is 2.59. The second-order valence-electron chi connectivity index (χ2n) is 5.48. The molecule has 0 unspecified atom stereocenters. The lowest BCUT2D eigenvalue weighted by Crippen LogP contribution is -2.23. The molecule has 0 saturated heterocycles. The molecule has 1 N–H and O–H groups in total. The second kappa shape index (κ2) is 9.31. The molecular formula is C18H16F5NO3. The third-order valence-corrected chi connectivity index (χ3v) is 3.36. The molecule has 9 heteroatoms. The lowest BCUT2D eigenvalue weighted by Gasteiger charge is -2.11. The molecule has 0 atom stereocenters. The van der Waals surface area contributed by atoms with Crippen LogP contribution in [0.4, 0.5) is 22.0 Å². The van der Waals surface area contributed by atoms with Crippen LogP contribution in [0, 0.1) is 0 Å². The largest absolute Gasteiger partial charge is 0.434 e. The Morgan fingerprint density at radius 3 is 2.26 bits per heavy atom. The van der Waals surface area contributed by atoms with E-state index in [1.807, 2.05) is 0 Å². The zero-order valence-corrected chi connectivity index (χ0v) is 13.9. The highest BCUT2D eigenvalue weighted by Gasteiger charge is 2.27. The number of hydrogen-bond acceptors (Lipinski definition) is 3. The van der Waals surface area contributed by atoms with Crippen LogP contribution < -0.4 is 10.1 Å². The van der Waals surface area contributed by atoms with Gasteiger partial charge in [-0.15, -0.1) is 0 Å². The Morgan fingerprint density at radius 2 is 1.63 bits per heavy atom. The molecule has 0 bridgehead atoms. The summed E-state index contributed by atoms with van der Waals surface area (Å²) in [6.07, 6.45) is -4.38. The molecule has 27 heavy (non-hydrogen) atoms. The van der Waals surface area contributed by atoms with Gasteiger partial charge in [0, 0.05) is 6.54 Å². The van der Waals surface area contributed by atoms with Crippen molar-refractivity contribution in [1.82, 2.24) is 5.32 Å². The number of carbonyl (C=O) groups excluding carboxylic acids is 1. The maximum Gasteiger partial charge on any atom is 0.411 e. The Morgan fingerprint density at radius 1 is 1.00 bits per heavy atom. The molecule has 0 aliphatic heterocycles. The maximum absolute atomic E-state index is 12.4. The molecule has 0 fully saturated rings. The zero-order valence-electron chi connectivity index (χ0n) is 13.9. The maximum atomic E-state index is 12.4. The van der Waals surface area contributed by atoms with Gasteiger partial charge in [0.15, 0.2) is 0 Å². The number of carbonyl (C=O) groups is 1. The summed E-state index contributed by atoms with van der Waals surface area (Å²) >= 11 is 0. The number of ether oxygens (including phenoxy) is 2. The summed E-state index contributed by atoms with van der Waals surface area (Å²) in [5.74, 6) is -0.828. The minimum absolute atomic E-state index is 0.0324. The van der Waals surface area contributed by atoms with E-state index in [0.717, 1.165) is 0 Å². The number of hydrogen-bond donors (Lipinski definition) is 1. The van der Waals surface area contributed by atoms with E-state index in [2.05, 4.69) is 14.8 Å². The molecule has 0 heterocycles. The summed E-state index contributed by atoms with van der Waals surface area (Å²) in [6.45, 7) is -4.47. The number of alkyl halides is 5. The van der Waals surface area contributed by atoms with Crippen molar-refractivity contribution in [2.75, 3.05) is 6.61 Å². The van der Waals surface area contributed by atoms with Gasteiger partial charge in [0.05, 0.1) is 12.2 Å². The highest BCUT2D eigenvalue weighted by atomic mass is 19.4. The van der Waals surface area contributed by atoms with Gasteiger partial charge in [0.2, 0.25) is 0 Å². The van der Waals surface area contributed by atoms with Gasteiger partial charge in [0.25, 0.3) is 5.91 Å². The van der Waals surface area contributed by atoms with Crippen molar-refractivity contribution in [3.63, 3.8) is 0 Å². The number of para-hydroxylation sites is 1. The molecule has 4 nitrogen and oxygen atoms in total. The van der Waals surface area contributed by atoms with Gasteiger partial charge in [-0.3, -0.25) is 4.79 Å². The third kappa shape index (κ3) is 7.22. The minimum atomic E-state index is -4.38. The van der Waals surface area contributed by atoms with Crippen LogP contribution in [0.15, 0.2) is 48.5 Å². The van der Waals surface area contributed by atoms with Crippen LogP contribution in [0.3, 0.4) is 0 Å². The molecule has 0 spiro atoms.